The third-order valence-corrected chi connectivity index (χ3v) is 4.06. The third kappa shape index (κ3) is 3.35. The Hall–Kier alpha value is -3.94. The maximum Gasteiger partial charge on any atom is 0.349 e. The lowest BCUT2D eigenvalue weighted by molar-refractivity contribution is -0.114. The topological polar surface area (TPSA) is 130 Å². The number of rotatable bonds is 4. The molecule has 2 aromatic carbocycles. The van der Waals surface area contributed by atoms with Crippen molar-refractivity contribution in [2.45, 2.75) is 6.92 Å². The maximum atomic E-state index is 12.5. The number of carbonyl (C=O) groups excluding carboxylic acids is 2. The van der Waals surface area contributed by atoms with Gasteiger partial charge in [-0.15, -0.1) is 0 Å². The number of carbonyl (C=O) groups is 2. The number of benzene rings is 2. The number of methoxy groups -OCH3 is 1. The van der Waals surface area contributed by atoms with E-state index in [9.17, 15) is 19.5 Å². The molecule has 0 unspecified atom stereocenters. The van der Waals surface area contributed by atoms with Crippen molar-refractivity contribution < 1.29 is 23.8 Å². The second kappa shape index (κ2) is 7.36. The van der Waals surface area contributed by atoms with Crippen LogP contribution in [0.5, 0.6) is 5.75 Å². The van der Waals surface area contributed by atoms with Crippen LogP contribution in [0.3, 0.4) is 0 Å². The van der Waals surface area contributed by atoms with E-state index in [1.54, 1.807) is 6.07 Å². The average Bonchev–Trinajstić information content (AvgIpc) is 2.67. The summed E-state index contributed by atoms with van der Waals surface area (Å²) in [5.74, 6) is -1.32. The maximum absolute atomic E-state index is 12.5. The SMILES string of the molecule is COC(=O)c1ccc(C(=N)c2c(O)c3cccc(NC(C)=O)c3oc2=O)cc1. The number of ether oxygens (including phenoxy) is 1. The highest BCUT2D eigenvalue weighted by Gasteiger charge is 2.21. The molecule has 28 heavy (non-hydrogen) atoms. The highest BCUT2D eigenvalue weighted by molar-refractivity contribution is 6.15. The van der Waals surface area contributed by atoms with Crippen molar-refractivity contribution >= 4 is 34.2 Å². The van der Waals surface area contributed by atoms with Crippen LogP contribution in [0.15, 0.2) is 51.7 Å². The van der Waals surface area contributed by atoms with Gasteiger partial charge in [0.15, 0.2) is 5.58 Å². The Morgan fingerprint density at radius 2 is 1.75 bits per heavy atom. The summed E-state index contributed by atoms with van der Waals surface area (Å²) in [5.41, 5.74) is -0.685. The summed E-state index contributed by atoms with van der Waals surface area (Å²) in [7, 11) is 1.26. The van der Waals surface area contributed by atoms with Crippen LogP contribution in [0.4, 0.5) is 5.69 Å². The lowest BCUT2D eigenvalue weighted by Gasteiger charge is -2.11. The van der Waals surface area contributed by atoms with Gasteiger partial charge in [-0.2, -0.15) is 0 Å². The average molecular weight is 380 g/mol. The molecule has 3 aromatic rings. The van der Waals surface area contributed by atoms with Gasteiger partial charge in [-0.25, -0.2) is 9.59 Å². The van der Waals surface area contributed by atoms with Gasteiger partial charge in [-0.1, -0.05) is 18.2 Å². The van der Waals surface area contributed by atoms with E-state index in [0.717, 1.165) is 0 Å². The van der Waals surface area contributed by atoms with E-state index in [2.05, 4.69) is 10.1 Å². The summed E-state index contributed by atoms with van der Waals surface area (Å²) in [4.78, 5) is 35.3. The fourth-order valence-corrected chi connectivity index (χ4v) is 2.75. The lowest BCUT2D eigenvalue weighted by atomic mass is 10.00. The molecule has 8 nitrogen and oxygen atoms in total. The summed E-state index contributed by atoms with van der Waals surface area (Å²) < 4.78 is 9.90. The second-order valence-electron chi connectivity index (χ2n) is 5.92. The van der Waals surface area contributed by atoms with Crippen molar-refractivity contribution in [2.24, 2.45) is 0 Å². The van der Waals surface area contributed by atoms with Gasteiger partial charge in [0.1, 0.15) is 11.3 Å². The van der Waals surface area contributed by atoms with Gasteiger partial charge in [-0.05, 0) is 24.3 Å². The van der Waals surface area contributed by atoms with Gasteiger partial charge in [0, 0.05) is 12.5 Å². The van der Waals surface area contributed by atoms with Crippen LogP contribution in [0.1, 0.15) is 28.4 Å². The molecule has 0 radical (unpaired) electrons. The molecule has 1 amide bonds. The van der Waals surface area contributed by atoms with Crippen molar-refractivity contribution in [3.63, 3.8) is 0 Å². The van der Waals surface area contributed by atoms with Crippen molar-refractivity contribution in [2.75, 3.05) is 12.4 Å². The molecule has 0 aliphatic carbocycles. The van der Waals surface area contributed by atoms with Crippen molar-refractivity contribution in [1.82, 2.24) is 0 Å². The number of aromatic hydroxyl groups is 1. The molecule has 142 valence electrons. The third-order valence-electron chi connectivity index (χ3n) is 4.06. The summed E-state index contributed by atoms with van der Waals surface area (Å²) >= 11 is 0. The molecule has 0 saturated heterocycles. The number of para-hydroxylation sites is 1. The molecule has 0 fully saturated rings. The zero-order valence-corrected chi connectivity index (χ0v) is 15.0. The smallest absolute Gasteiger partial charge is 0.349 e. The Bertz CT molecular complexity index is 1160. The predicted octanol–water partition coefficient (Wildman–Crippen LogP) is 2.66. The number of esters is 1. The van der Waals surface area contributed by atoms with Gasteiger partial charge in [0.05, 0.1) is 29.5 Å². The largest absolute Gasteiger partial charge is 0.506 e. The summed E-state index contributed by atoms with van der Waals surface area (Å²) in [5, 5.41) is 21.6. The Morgan fingerprint density at radius 1 is 1.11 bits per heavy atom. The van der Waals surface area contributed by atoms with Crippen molar-refractivity contribution in [1.29, 1.82) is 5.41 Å². The molecule has 0 aliphatic heterocycles. The first kappa shape index (κ1) is 18.8. The zero-order valence-electron chi connectivity index (χ0n) is 15.0. The van der Waals surface area contributed by atoms with Gasteiger partial charge in [-0.3, -0.25) is 10.2 Å². The van der Waals surface area contributed by atoms with E-state index < -0.39 is 17.3 Å². The minimum absolute atomic E-state index is 0.0118. The van der Waals surface area contributed by atoms with Crippen LogP contribution in [-0.4, -0.2) is 29.8 Å². The van der Waals surface area contributed by atoms with Crippen LogP contribution in [0, 0.1) is 5.41 Å². The molecule has 0 spiro atoms. The Morgan fingerprint density at radius 3 is 2.36 bits per heavy atom. The quantitative estimate of drug-likeness (QED) is 0.362. The van der Waals surface area contributed by atoms with E-state index in [-0.39, 0.29) is 39.4 Å². The van der Waals surface area contributed by atoms with Gasteiger partial charge < -0.3 is 19.6 Å². The van der Waals surface area contributed by atoms with E-state index in [1.807, 2.05) is 0 Å². The fourth-order valence-electron chi connectivity index (χ4n) is 2.75. The van der Waals surface area contributed by atoms with E-state index >= 15 is 0 Å². The first-order chi connectivity index (χ1) is 13.3. The summed E-state index contributed by atoms with van der Waals surface area (Å²) in [6.07, 6.45) is 0. The highest BCUT2D eigenvalue weighted by Crippen LogP contribution is 2.32. The number of anilines is 1. The number of hydrogen-bond donors (Lipinski definition) is 3. The Balaban J connectivity index is 2.10. The number of hydrogen-bond acceptors (Lipinski definition) is 7. The molecule has 0 bridgehead atoms. The Kier molecular flexibility index (Phi) is 4.95. The van der Waals surface area contributed by atoms with Crippen LogP contribution < -0.4 is 10.9 Å². The Labute approximate surface area is 158 Å². The fraction of sp³-hybridized carbons (Fsp3) is 0.100. The summed E-state index contributed by atoms with van der Waals surface area (Å²) in [6.45, 7) is 1.30. The second-order valence-corrected chi connectivity index (χ2v) is 5.92. The van der Waals surface area contributed by atoms with Gasteiger partial charge in [0.2, 0.25) is 5.91 Å². The monoisotopic (exact) mass is 380 g/mol. The van der Waals surface area contributed by atoms with Crippen molar-refractivity contribution in [3.8, 4) is 5.75 Å². The highest BCUT2D eigenvalue weighted by atomic mass is 16.5. The van der Waals surface area contributed by atoms with Gasteiger partial charge in [0.25, 0.3) is 0 Å². The summed E-state index contributed by atoms with van der Waals surface area (Å²) in [6, 6.07) is 10.4. The molecular weight excluding hydrogens is 364 g/mol. The standard InChI is InChI=1S/C20H16N2O6/c1-10(23)22-14-5-3-4-13-17(24)15(20(26)28-18(13)14)16(21)11-6-8-12(9-7-11)19(25)27-2/h3-9,21,24H,1-2H3,(H,22,23). The molecule has 0 aliphatic rings. The molecule has 3 rings (SSSR count). The normalized spacial score (nSPS) is 10.5. The predicted molar refractivity (Wildman–Crippen MR) is 102 cm³/mol. The van der Waals surface area contributed by atoms with E-state index in [0.29, 0.717) is 5.56 Å². The molecule has 8 heteroatoms. The number of amides is 1. The first-order valence-corrected chi connectivity index (χ1v) is 8.17. The lowest BCUT2D eigenvalue weighted by Crippen LogP contribution is -2.16. The van der Waals surface area contributed by atoms with E-state index in [1.165, 1.54) is 50.4 Å². The molecule has 1 heterocycles. The number of fused-ring (bicyclic) bond motifs is 1. The van der Waals surface area contributed by atoms with Crippen molar-refractivity contribution in [3.05, 3.63) is 69.6 Å². The minimum Gasteiger partial charge on any atom is -0.506 e. The van der Waals surface area contributed by atoms with Crippen LogP contribution in [-0.2, 0) is 9.53 Å². The minimum atomic E-state index is -0.926. The molecule has 1 aromatic heterocycles. The van der Waals surface area contributed by atoms with Gasteiger partial charge >= 0.3 is 11.6 Å². The molecule has 3 N–H and O–H groups in total. The van der Waals surface area contributed by atoms with Crippen LogP contribution >= 0.6 is 0 Å². The van der Waals surface area contributed by atoms with Crippen LogP contribution in [0.25, 0.3) is 11.0 Å². The number of nitrogens with one attached hydrogen (secondary N) is 2. The molecule has 0 saturated carbocycles. The zero-order chi connectivity index (χ0) is 20.4. The van der Waals surface area contributed by atoms with Crippen LogP contribution in [0.2, 0.25) is 0 Å². The molecule has 0 atom stereocenters. The van der Waals surface area contributed by atoms with E-state index in [4.69, 9.17) is 9.83 Å². The molecular formula is C20H16N2O6. The first-order valence-electron chi connectivity index (χ1n) is 8.17.